The SMILES string of the molecule is Cc1[nH]c2c(c1C)C(=N)/C(=N/c1c(OCCO)nn3ccccc13)C=C2OCCO. The van der Waals surface area contributed by atoms with Crippen LogP contribution in [0.5, 0.6) is 5.88 Å². The van der Waals surface area contributed by atoms with E-state index in [-0.39, 0.29) is 38.0 Å². The summed E-state index contributed by atoms with van der Waals surface area (Å²) in [7, 11) is 0. The summed E-state index contributed by atoms with van der Waals surface area (Å²) in [5.41, 5.74) is 5.14. The summed E-state index contributed by atoms with van der Waals surface area (Å²) in [6.45, 7) is 3.82. The molecule has 4 rings (SSSR count). The number of hydrogen-bond acceptors (Lipinski definition) is 7. The first-order valence-electron chi connectivity index (χ1n) is 9.59. The Bertz CT molecular complexity index is 1170. The zero-order chi connectivity index (χ0) is 21.3. The smallest absolute Gasteiger partial charge is 0.260 e. The molecule has 3 aromatic heterocycles. The molecule has 3 aromatic rings. The van der Waals surface area contributed by atoms with Crippen molar-refractivity contribution in [2.24, 2.45) is 4.99 Å². The van der Waals surface area contributed by atoms with E-state index in [2.05, 4.69) is 10.1 Å². The number of allylic oxidation sites excluding steroid dienone is 1. The standard InChI is InChI=1S/C21H23N5O4/c1-12-13(2)23-20-16(29-9-7-27)11-14(18(22)17(12)20)24-19-15-5-3-4-6-26(15)25-21(19)30-10-8-28/h3-6,11,22-23,27-28H,7-10H2,1-2H3/b22-18?,24-14+. The van der Waals surface area contributed by atoms with Crippen LogP contribution in [0.1, 0.15) is 22.5 Å². The van der Waals surface area contributed by atoms with Gasteiger partial charge in [-0.3, -0.25) is 5.41 Å². The summed E-state index contributed by atoms with van der Waals surface area (Å²) in [6, 6.07) is 5.56. The van der Waals surface area contributed by atoms with Gasteiger partial charge in [0.2, 0.25) is 0 Å². The molecule has 0 saturated carbocycles. The lowest BCUT2D eigenvalue weighted by molar-refractivity contribution is 0.180. The summed E-state index contributed by atoms with van der Waals surface area (Å²) in [5.74, 6) is 0.786. The van der Waals surface area contributed by atoms with Crippen LogP contribution >= 0.6 is 0 Å². The quantitative estimate of drug-likeness (QED) is 0.475. The van der Waals surface area contributed by atoms with Crippen molar-refractivity contribution in [3.8, 4) is 5.88 Å². The van der Waals surface area contributed by atoms with Crippen LogP contribution in [0.15, 0.2) is 35.5 Å². The molecule has 3 heterocycles. The summed E-state index contributed by atoms with van der Waals surface area (Å²) in [6.07, 6.45) is 3.46. The molecule has 4 N–H and O–H groups in total. The first kappa shape index (κ1) is 19.9. The highest BCUT2D eigenvalue weighted by atomic mass is 16.5. The zero-order valence-electron chi connectivity index (χ0n) is 16.8. The molecule has 0 spiro atoms. The van der Waals surface area contributed by atoms with E-state index in [4.69, 9.17) is 25.0 Å². The van der Waals surface area contributed by atoms with E-state index in [0.29, 0.717) is 28.4 Å². The highest BCUT2D eigenvalue weighted by Crippen LogP contribution is 2.35. The van der Waals surface area contributed by atoms with Crippen molar-refractivity contribution in [3.05, 3.63) is 53.0 Å². The van der Waals surface area contributed by atoms with Gasteiger partial charge in [-0.15, -0.1) is 5.10 Å². The maximum absolute atomic E-state index is 9.18. The van der Waals surface area contributed by atoms with Crippen molar-refractivity contribution in [2.45, 2.75) is 13.8 Å². The van der Waals surface area contributed by atoms with Crippen LogP contribution in [0.25, 0.3) is 11.3 Å². The van der Waals surface area contributed by atoms with Crippen LogP contribution in [-0.2, 0) is 4.74 Å². The van der Waals surface area contributed by atoms with Crippen LogP contribution in [0, 0.1) is 19.3 Å². The van der Waals surface area contributed by atoms with Crippen LogP contribution in [0.2, 0.25) is 0 Å². The molecule has 0 radical (unpaired) electrons. The van der Waals surface area contributed by atoms with Gasteiger partial charge in [0.1, 0.15) is 19.0 Å². The average molecular weight is 409 g/mol. The van der Waals surface area contributed by atoms with Gasteiger partial charge in [-0.25, -0.2) is 9.51 Å². The largest absolute Gasteiger partial charge is 0.489 e. The summed E-state index contributed by atoms with van der Waals surface area (Å²) >= 11 is 0. The highest BCUT2D eigenvalue weighted by Gasteiger charge is 2.28. The second-order valence-electron chi connectivity index (χ2n) is 6.83. The lowest BCUT2D eigenvalue weighted by atomic mass is 9.95. The molecular formula is C21H23N5O4. The number of aromatic nitrogens is 3. The molecule has 0 fully saturated rings. The van der Waals surface area contributed by atoms with Crippen molar-refractivity contribution in [1.29, 1.82) is 5.41 Å². The van der Waals surface area contributed by atoms with Crippen molar-refractivity contribution in [2.75, 3.05) is 26.4 Å². The number of aliphatic hydroxyl groups is 2. The van der Waals surface area contributed by atoms with E-state index in [1.165, 1.54) is 0 Å². The van der Waals surface area contributed by atoms with E-state index in [9.17, 15) is 5.11 Å². The molecule has 0 aliphatic heterocycles. The molecule has 0 bridgehead atoms. The summed E-state index contributed by atoms with van der Waals surface area (Å²) in [4.78, 5) is 7.98. The van der Waals surface area contributed by atoms with Gasteiger partial charge in [-0.2, -0.15) is 0 Å². The summed E-state index contributed by atoms with van der Waals surface area (Å²) < 4.78 is 13.0. The number of nitrogens with zero attached hydrogens (tertiary/aromatic N) is 3. The minimum atomic E-state index is -0.149. The predicted molar refractivity (Wildman–Crippen MR) is 113 cm³/mol. The number of pyridine rings is 1. The second kappa shape index (κ2) is 8.13. The Labute approximate surface area is 172 Å². The van der Waals surface area contributed by atoms with Gasteiger partial charge in [-0.05, 0) is 31.5 Å². The Morgan fingerprint density at radius 3 is 2.70 bits per heavy atom. The Balaban J connectivity index is 1.87. The maximum atomic E-state index is 9.18. The molecule has 0 atom stereocenters. The van der Waals surface area contributed by atoms with E-state index in [1.54, 1.807) is 16.8 Å². The lowest BCUT2D eigenvalue weighted by Crippen LogP contribution is -2.20. The fraction of sp³-hybridized carbons (Fsp3) is 0.286. The number of aliphatic hydroxyl groups excluding tert-OH is 2. The van der Waals surface area contributed by atoms with Crippen molar-refractivity contribution < 1.29 is 19.7 Å². The fourth-order valence-electron chi connectivity index (χ4n) is 3.40. The van der Waals surface area contributed by atoms with Crippen LogP contribution < -0.4 is 4.74 Å². The van der Waals surface area contributed by atoms with Gasteiger partial charge in [-0.1, -0.05) is 6.07 Å². The Hall–Kier alpha value is -3.43. The number of aromatic amines is 1. The average Bonchev–Trinajstić information content (AvgIpc) is 3.25. The number of H-pyrrole nitrogens is 1. The number of ether oxygens (including phenoxy) is 2. The van der Waals surface area contributed by atoms with E-state index in [0.717, 1.165) is 16.8 Å². The Morgan fingerprint density at radius 2 is 1.93 bits per heavy atom. The van der Waals surface area contributed by atoms with Gasteiger partial charge < -0.3 is 24.7 Å². The molecule has 9 nitrogen and oxygen atoms in total. The van der Waals surface area contributed by atoms with E-state index >= 15 is 0 Å². The third-order valence-electron chi connectivity index (χ3n) is 4.91. The minimum absolute atomic E-state index is 0.0835. The number of aliphatic imine (C=N–C) groups is 1. The fourth-order valence-corrected chi connectivity index (χ4v) is 3.40. The minimum Gasteiger partial charge on any atom is -0.489 e. The number of nitrogens with one attached hydrogen (secondary N) is 2. The molecular weight excluding hydrogens is 386 g/mol. The molecule has 0 amide bonds. The van der Waals surface area contributed by atoms with Gasteiger partial charge in [0.25, 0.3) is 5.88 Å². The first-order chi connectivity index (χ1) is 14.5. The number of hydrogen-bond donors (Lipinski definition) is 4. The highest BCUT2D eigenvalue weighted by molar-refractivity contribution is 6.54. The number of fused-ring (bicyclic) bond motifs is 2. The zero-order valence-corrected chi connectivity index (χ0v) is 16.8. The summed E-state index contributed by atoms with van der Waals surface area (Å²) in [5, 5.41) is 31.5. The van der Waals surface area contributed by atoms with Crippen LogP contribution in [0.4, 0.5) is 5.69 Å². The van der Waals surface area contributed by atoms with Gasteiger partial charge in [0.15, 0.2) is 5.69 Å². The van der Waals surface area contributed by atoms with Crippen molar-refractivity contribution in [1.82, 2.24) is 14.6 Å². The van der Waals surface area contributed by atoms with Gasteiger partial charge in [0, 0.05) is 23.5 Å². The third-order valence-corrected chi connectivity index (χ3v) is 4.91. The lowest BCUT2D eigenvalue weighted by Gasteiger charge is -2.17. The third kappa shape index (κ3) is 3.38. The molecule has 1 aliphatic rings. The Morgan fingerprint density at radius 1 is 1.17 bits per heavy atom. The molecule has 156 valence electrons. The topological polar surface area (TPSA) is 128 Å². The second-order valence-corrected chi connectivity index (χ2v) is 6.83. The van der Waals surface area contributed by atoms with Crippen molar-refractivity contribution in [3.63, 3.8) is 0 Å². The maximum Gasteiger partial charge on any atom is 0.260 e. The number of rotatable bonds is 7. The van der Waals surface area contributed by atoms with Crippen LogP contribution in [0.3, 0.4) is 0 Å². The molecule has 0 unspecified atom stereocenters. The van der Waals surface area contributed by atoms with Gasteiger partial charge >= 0.3 is 0 Å². The number of aryl methyl sites for hydroxylation is 1. The molecule has 0 aromatic carbocycles. The van der Waals surface area contributed by atoms with E-state index < -0.39 is 0 Å². The monoisotopic (exact) mass is 409 g/mol. The molecule has 1 aliphatic carbocycles. The van der Waals surface area contributed by atoms with Gasteiger partial charge in [0.05, 0.1) is 35.8 Å². The molecule has 9 heteroatoms. The normalized spacial score (nSPS) is 14.9. The van der Waals surface area contributed by atoms with E-state index in [1.807, 2.05) is 32.0 Å². The molecule has 30 heavy (non-hydrogen) atoms. The van der Waals surface area contributed by atoms with Crippen molar-refractivity contribution >= 4 is 28.4 Å². The predicted octanol–water partition coefficient (Wildman–Crippen LogP) is 2.15. The van der Waals surface area contributed by atoms with Crippen LogP contribution in [-0.4, -0.2) is 62.7 Å². The first-order valence-corrected chi connectivity index (χ1v) is 9.59. The Kier molecular flexibility index (Phi) is 5.39. The molecule has 0 saturated heterocycles.